The fourth-order valence-corrected chi connectivity index (χ4v) is 3.35. The van der Waals surface area contributed by atoms with Gasteiger partial charge in [-0.25, -0.2) is 4.39 Å². The second-order valence-corrected chi connectivity index (χ2v) is 6.22. The van der Waals surface area contributed by atoms with E-state index in [0.717, 1.165) is 22.3 Å². The summed E-state index contributed by atoms with van der Waals surface area (Å²) in [5.74, 6) is 0.0748. The van der Waals surface area contributed by atoms with E-state index in [4.69, 9.17) is 11.6 Å². The van der Waals surface area contributed by atoms with Crippen LogP contribution in [0.25, 0.3) is 0 Å². The maximum atomic E-state index is 13.4. The number of alkyl halides is 1. The second kappa shape index (κ2) is 6.04. The van der Waals surface area contributed by atoms with Crippen LogP contribution in [0.2, 0.25) is 0 Å². The van der Waals surface area contributed by atoms with Crippen molar-refractivity contribution in [2.45, 2.75) is 12.4 Å². The van der Waals surface area contributed by atoms with Crippen molar-refractivity contribution in [2.75, 3.05) is 11.9 Å². The Balaban J connectivity index is 2.17. The van der Waals surface area contributed by atoms with Crippen molar-refractivity contribution in [2.24, 2.45) is 0 Å². The Hall–Kier alpha value is -0.580. The summed E-state index contributed by atoms with van der Waals surface area (Å²) in [4.78, 5) is 3.23. The van der Waals surface area contributed by atoms with Gasteiger partial charge in [-0.2, -0.15) is 0 Å². The molecule has 5 heteroatoms. The van der Waals surface area contributed by atoms with E-state index in [0.29, 0.717) is 5.88 Å². The van der Waals surface area contributed by atoms with E-state index in [2.05, 4.69) is 22.0 Å². The zero-order valence-corrected chi connectivity index (χ0v) is 12.9. The number of rotatable bonds is 4. The lowest BCUT2D eigenvalue weighted by Crippen LogP contribution is -2.15. The minimum absolute atomic E-state index is 0.248. The average molecular weight is 349 g/mol. The summed E-state index contributed by atoms with van der Waals surface area (Å²) in [5, 5.41) is 2.04. The Morgan fingerprint density at radius 2 is 2.11 bits per heavy atom. The Bertz CT molecular complexity index is 544. The Morgan fingerprint density at radius 1 is 1.33 bits per heavy atom. The Labute approximate surface area is 123 Å². The van der Waals surface area contributed by atoms with Crippen molar-refractivity contribution in [3.05, 3.63) is 50.4 Å². The van der Waals surface area contributed by atoms with Crippen molar-refractivity contribution in [3.63, 3.8) is 0 Å². The van der Waals surface area contributed by atoms with Crippen LogP contribution in [0.5, 0.6) is 0 Å². The lowest BCUT2D eigenvalue weighted by molar-refractivity contribution is 0.625. The quantitative estimate of drug-likeness (QED) is 0.701. The molecule has 0 saturated heterocycles. The molecule has 2 rings (SSSR count). The van der Waals surface area contributed by atoms with Gasteiger partial charge in [0.15, 0.2) is 0 Å². The fraction of sp³-hybridized carbons (Fsp3) is 0.231. The maximum Gasteiger partial charge on any atom is 0.125 e. The third-order valence-corrected chi connectivity index (χ3v) is 4.54. The number of nitrogens with zero attached hydrogens (tertiary/aromatic N) is 1. The Kier molecular flexibility index (Phi) is 4.65. The minimum atomic E-state index is -0.248. The van der Waals surface area contributed by atoms with Crippen molar-refractivity contribution in [3.8, 4) is 0 Å². The smallest absolute Gasteiger partial charge is 0.125 e. The van der Waals surface area contributed by atoms with E-state index in [1.54, 1.807) is 11.3 Å². The summed E-state index contributed by atoms with van der Waals surface area (Å²) < 4.78 is 14.5. The van der Waals surface area contributed by atoms with Crippen LogP contribution in [0.3, 0.4) is 0 Å². The summed E-state index contributed by atoms with van der Waals surface area (Å²) in [6, 6.07) is 6.98. The molecule has 1 heterocycles. The zero-order chi connectivity index (χ0) is 13.1. The second-order valence-electron chi connectivity index (χ2n) is 4.04. The topological polar surface area (TPSA) is 3.24 Å². The van der Waals surface area contributed by atoms with Gasteiger partial charge in [-0.1, -0.05) is 0 Å². The summed E-state index contributed by atoms with van der Waals surface area (Å²) in [6.07, 6.45) is 0. The van der Waals surface area contributed by atoms with E-state index in [1.165, 1.54) is 17.0 Å². The summed E-state index contributed by atoms with van der Waals surface area (Å²) in [5.41, 5.74) is 1.64. The molecular weight excluding hydrogens is 337 g/mol. The first-order chi connectivity index (χ1) is 8.58. The SMILES string of the molecule is CN(Cc1cc(Br)cs1)c1cc(F)cc(CCl)c1. The molecule has 1 aromatic carbocycles. The predicted octanol–water partition coefficient (Wildman–Crippen LogP) is 5.02. The van der Waals surface area contributed by atoms with Gasteiger partial charge in [0.05, 0.1) is 6.54 Å². The van der Waals surface area contributed by atoms with Gasteiger partial charge in [0.2, 0.25) is 0 Å². The van der Waals surface area contributed by atoms with Gasteiger partial charge in [-0.3, -0.25) is 0 Å². The predicted molar refractivity (Wildman–Crippen MR) is 80.1 cm³/mol. The van der Waals surface area contributed by atoms with Gasteiger partial charge in [0.1, 0.15) is 5.82 Å². The van der Waals surface area contributed by atoms with Crippen molar-refractivity contribution < 1.29 is 4.39 Å². The van der Waals surface area contributed by atoms with Gasteiger partial charge in [0.25, 0.3) is 0 Å². The van der Waals surface area contributed by atoms with Gasteiger partial charge in [0, 0.05) is 33.3 Å². The molecule has 1 aromatic heterocycles. The van der Waals surface area contributed by atoms with Crippen LogP contribution in [-0.2, 0) is 12.4 Å². The standard InChI is InChI=1S/C13H12BrClFNS/c1-17(7-13-4-10(14)8-18-13)12-3-9(6-15)2-11(16)5-12/h2-5,8H,6-7H2,1H3. The molecule has 0 saturated carbocycles. The molecule has 0 radical (unpaired) electrons. The molecule has 0 amide bonds. The molecule has 96 valence electrons. The van der Waals surface area contributed by atoms with Crippen LogP contribution < -0.4 is 4.90 Å². The number of anilines is 1. The van der Waals surface area contributed by atoms with Crippen molar-refractivity contribution in [1.82, 2.24) is 0 Å². The number of thiophene rings is 1. The largest absolute Gasteiger partial charge is 0.369 e. The highest BCUT2D eigenvalue weighted by Crippen LogP contribution is 2.24. The molecule has 0 atom stereocenters. The zero-order valence-electron chi connectivity index (χ0n) is 9.79. The number of halogens is 3. The van der Waals surface area contributed by atoms with Gasteiger partial charge < -0.3 is 4.90 Å². The molecule has 0 fully saturated rings. The van der Waals surface area contributed by atoms with Crippen molar-refractivity contribution >= 4 is 44.6 Å². The van der Waals surface area contributed by atoms with Crippen LogP contribution in [0.1, 0.15) is 10.4 Å². The first-order valence-corrected chi connectivity index (χ1v) is 7.58. The molecular formula is C13H12BrClFNS. The van der Waals surface area contributed by atoms with Crippen molar-refractivity contribution in [1.29, 1.82) is 0 Å². The van der Waals surface area contributed by atoms with Crippen LogP contribution in [-0.4, -0.2) is 7.05 Å². The highest BCUT2D eigenvalue weighted by Gasteiger charge is 2.07. The first-order valence-electron chi connectivity index (χ1n) is 5.38. The molecule has 0 spiro atoms. The van der Waals surface area contributed by atoms with E-state index < -0.39 is 0 Å². The molecule has 0 aliphatic heterocycles. The molecule has 0 unspecified atom stereocenters. The maximum absolute atomic E-state index is 13.4. The molecule has 0 bridgehead atoms. The van der Waals surface area contributed by atoms with Gasteiger partial charge in [-0.05, 0) is 45.8 Å². The number of hydrogen-bond acceptors (Lipinski definition) is 2. The number of hydrogen-bond donors (Lipinski definition) is 0. The monoisotopic (exact) mass is 347 g/mol. The highest BCUT2D eigenvalue weighted by atomic mass is 79.9. The summed E-state index contributed by atoms with van der Waals surface area (Å²) in [6.45, 7) is 0.751. The molecule has 2 aromatic rings. The normalized spacial score (nSPS) is 10.7. The fourth-order valence-electron chi connectivity index (χ4n) is 1.69. The van der Waals surface area contributed by atoms with Gasteiger partial charge >= 0.3 is 0 Å². The van der Waals surface area contributed by atoms with E-state index in [9.17, 15) is 4.39 Å². The first kappa shape index (κ1) is 13.8. The number of benzene rings is 1. The van der Waals surface area contributed by atoms with E-state index in [1.807, 2.05) is 23.4 Å². The average Bonchev–Trinajstić information content (AvgIpc) is 2.73. The molecule has 0 N–H and O–H groups in total. The van der Waals surface area contributed by atoms with Crippen LogP contribution in [0, 0.1) is 5.82 Å². The third kappa shape index (κ3) is 3.46. The van der Waals surface area contributed by atoms with Gasteiger partial charge in [-0.15, -0.1) is 22.9 Å². The Morgan fingerprint density at radius 3 is 2.72 bits per heavy atom. The summed E-state index contributed by atoms with van der Waals surface area (Å²) >= 11 is 10.9. The molecule has 1 nitrogen and oxygen atoms in total. The lowest BCUT2D eigenvalue weighted by atomic mass is 10.2. The molecule has 18 heavy (non-hydrogen) atoms. The van der Waals surface area contributed by atoms with E-state index >= 15 is 0 Å². The third-order valence-electron chi connectivity index (χ3n) is 2.55. The summed E-state index contributed by atoms with van der Waals surface area (Å²) in [7, 11) is 1.94. The lowest BCUT2D eigenvalue weighted by Gasteiger charge is -2.19. The molecule has 0 aliphatic carbocycles. The van der Waals surface area contributed by atoms with E-state index in [-0.39, 0.29) is 5.82 Å². The highest BCUT2D eigenvalue weighted by molar-refractivity contribution is 9.10. The van der Waals surface area contributed by atoms with Crippen LogP contribution in [0.15, 0.2) is 34.1 Å². The molecule has 0 aliphatic rings. The minimum Gasteiger partial charge on any atom is -0.369 e. The van der Waals surface area contributed by atoms with Crippen LogP contribution in [0.4, 0.5) is 10.1 Å². The van der Waals surface area contributed by atoms with Crippen LogP contribution >= 0.6 is 38.9 Å².